The van der Waals surface area contributed by atoms with Gasteiger partial charge in [0.1, 0.15) is 0 Å². The van der Waals surface area contributed by atoms with Gasteiger partial charge in [-0.15, -0.1) is 0 Å². The fourth-order valence-electron chi connectivity index (χ4n) is 2.85. The van der Waals surface area contributed by atoms with E-state index in [-0.39, 0.29) is 10.5 Å². The van der Waals surface area contributed by atoms with E-state index in [0.717, 1.165) is 15.1 Å². The summed E-state index contributed by atoms with van der Waals surface area (Å²) >= 11 is 0. The summed E-state index contributed by atoms with van der Waals surface area (Å²) < 4.78 is 30.8. The molecule has 3 rings (SSSR count). The standard InChI is InChI=1S/C22H22N2O5S/c1-15(21(25)23-20-13-7-9-16-8-4-5-12-19(16)20)29-22(26)17-10-6-11-18(14-17)30(27,28)24(2)3/h4-15H,1-3H3,(H,23,25). The minimum atomic E-state index is -3.69. The fraction of sp³-hybridized carbons (Fsp3) is 0.182. The maximum atomic E-state index is 12.5. The maximum Gasteiger partial charge on any atom is 0.338 e. The summed E-state index contributed by atoms with van der Waals surface area (Å²) in [6.45, 7) is 1.46. The number of anilines is 1. The lowest BCUT2D eigenvalue weighted by Crippen LogP contribution is -2.30. The highest BCUT2D eigenvalue weighted by Crippen LogP contribution is 2.23. The number of fused-ring (bicyclic) bond motifs is 1. The third-order valence-corrected chi connectivity index (χ3v) is 6.36. The van der Waals surface area contributed by atoms with Crippen LogP contribution in [-0.2, 0) is 19.6 Å². The molecule has 0 saturated carbocycles. The van der Waals surface area contributed by atoms with Gasteiger partial charge >= 0.3 is 5.97 Å². The van der Waals surface area contributed by atoms with Crippen LogP contribution >= 0.6 is 0 Å². The summed E-state index contributed by atoms with van der Waals surface area (Å²) in [6, 6.07) is 18.6. The molecule has 0 fully saturated rings. The van der Waals surface area contributed by atoms with Crippen LogP contribution in [-0.4, -0.2) is 44.8 Å². The zero-order chi connectivity index (χ0) is 21.9. The Labute approximate surface area is 175 Å². The number of ether oxygens (including phenoxy) is 1. The number of benzene rings is 3. The Balaban J connectivity index is 1.73. The van der Waals surface area contributed by atoms with Gasteiger partial charge in [-0.3, -0.25) is 4.79 Å². The minimum absolute atomic E-state index is 0.0326. The molecular formula is C22H22N2O5S. The molecule has 1 atom stereocenters. The van der Waals surface area contributed by atoms with Crippen LogP contribution in [0.3, 0.4) is 0 Å². The molecule has 0 aliphatic carbocycles. The second-order valence-electron chi connectivity index (χ2n) is 6.88. The van der Waals surface area contributed by atoms with E-state index in [9.17, 15) is 18.0 Å². The molecular weight excluding hydrogens is 404 g/mol. The van der Waals surface area contributed by atoms with Crippen molar-refractivity contribution in [3.8, 4) is 0 Å². The van der Waals surface area contributed by atoms with Gasteiger partial charge in [-0.05, 0) is 36.6 Å². The van der Waals surface area contributed by atoms with Crippen LogP contribution < -0.4 is 5.32 Å². The third-order valence-electron chi connectivity index (χ3n) is 4.55. The number of carbonyl (C=O) groups is 2. The molecule has 30 heavy (non-hydrogen) atoms. The predicted molar refractivity (Wildman–Crippen MR) is 115 cm³/mol. The lowest BCUT2D eigenvalue weighted by molar-refractivity contribution is -0.123. The van der Waals surface area contributed by atoms with Crippen LogP contribution in [0.5, 0.6) is 0 Å². The Hall–Kier alpha value is -3.23. The van der Waals surface area contributed by atoms with Gasteiger partial charge in [-0.2, -0.15) is 0 Å². The van der Waals surface area contributed by atoms with Crippen molar-refractivity contribution in [2.45, 2.75) is 17.9 Å². The van der Waals surface area contributed by atoms with Crippen molar-refractivity contribution in [3.05, 3.63) is 72.3 Å². The first-order chi connectivity index (χ1) is 14.2. The van der Waals surface area contributed by atoms with E-state index in [4.69, 9.17) is 4.74 Å². The molecule has 3 aromatic carbocycles. The van der Waals surface area contributed by atoms with Gasteiger partial charge in [-0.25, -0.2) is 17.5 Å². The van der Waals surface area contributed by atoms with Crippen LogP contribution in [0, 0.1) is 0 Å². The van der Waals surface area contributed by atoms with E-state index in [2.05, 4.69) is 5.32 Å². The molecule has 0 aliphatic rings. The summed E-state index contributed by atoms with van der Waals surface area (Å²) in [5, 5.41) is 4.61. The molecule has 0 spiro atoms. The number of hydrogen-bond donors (Lipinski definition) is 1. The Morgan fingerprint density at radius 2 is 1.63 bits per heavy atom. The van der Waals surface area contributed by atoms with Crippen LogP contribution in [0.15, 0.2) is 71.6 Å². The summed E-state index contributed by atoms with van der Waals surface area (Å²) in [7, 11) is -0.887. The van der Waals surface area contributed by atoms with Gasteiger partial charge in [0.15, 0.2) is 6.10 Å². The lowest BCUT2D eigenvalue weighted by Gasteiger charge is -2.15. The number of sulfonamides is 1. The molecule has 1 amide bonds. The van der Waals surface area contributed by atoms with Gasteiger partial charge in [0.25, 0.3) is 5.91 Å². The Bertz CT molecular complexity index is 1200. The number of carbonyl (C=O) groups excluding carboxylic acids is 2. The van der Waals surface area contributed by atoms with Crippen LogP contribution in [0.1, 0.15) is 17.3 Å². The second kappa shape index (κ2) is 8.64. The van der Waals surface area contributed by atoms with E-state index >= 15 is 0 Å². The van der Waals surface area contributed by atoms with E-state index in [0.29, 0.717) is 5.69 Å². The molecule has 0 radical (unpaired) electrons. The molecule has 8 heteroatoms. The monoisotopic (exact) mass is 426 g/mol. The van der Waals surface area contributed by atoms with Crippen LogP contribution in [0.4, 0.5) is 5.69 Å². The Kier molecular flexibility index (Phi) is 6.19. The number of esters is 1. The van der Waals surface area contributed by atoms with Crippen molar-refractivity contribution in [1.82, 2.24) is 4.31 Å². The molecule has 156 valence electrons. The first kappa shape index (κ1) is 21.5. The van der Waals surface area contributed by atoms with Gasteiger partial charge < -0.3 is 10.1 Å². The molecule has 0 saturated heterocycles. The average molecular weight is 426 g/mol. The second-order valence-corrected chi connectivity index (χ2v) is 9.03. The van der Waals surface area contributed by atoms with E-state index < -0.39 is 28.0 Å². The number of nitrogens with zero attached hydrogens (tertiary/aromatic N) is 1. The maximum absolute atomic E-state index is 12.5. The van der Waals surface area contributed by atoms with Crippen molar-refractivity contribution < 1.29 is 22.7 Å². The molecule has 0 bridgehead atoms. The van der Waals surface area contributed by atoms with Crippen molar-refractivity contribution in [2.24, 2.45) is 0 Å². The van der Waals surface area contributed by atoms with Crippen molar-refractivity contribution >= 4 is 38.4 Å². The molecule has 0 aliphatic heterocycles. The minimum Gasteiger partial charge on any atom is -0.449 e. The van der Waals surface area contributed by atoms with Crippen LogP contribution in [0.25, 0.3) is 10.8 Å². The highest BCUT2D eigenvalue weighted by molar-refractivity contribution is 7.89. The third kappa shape index (κ3) is 4.50. The zero-order valence-electron chi connectivity index (χ0n) is 16.8. The topological polar surface area (TPSA) is 92.8 Å². The molecule has 0 heterocycles. The largest absolute Gasteiger partial charge is 0.449 e. The van der Waals surface area contributed by atoms with E-state index in [1.54, 1.807) is 6.07 Å². The van der Waals surface area contributed by atoms with Crippen molar-refractivity contribution in [3.63, 3.8) is 0 Å². The summed E-state index contributed by atoms with van der Waals surface area (Å²) in [4.78, 5) is 25.0. The number of amides is 1. The summed E-state index contributed by atoms with van der Waals surface area (Å²) in [6.07, 6.45) is -1.08. The molecule has 3 aromatic rings. The molecule has 0 aromatic heterocycles. The molecule has 1 N–H and O–H groups in total. The quantitative estimate of drug-likeness (QED) is 0.611. The number of hydrogen-bond acceptors (Lipinski definition) is 5. The predicted octanol–water partition coefficient (Wildman–Crippen LogP) is 3.27. The first-order valence-electron chi connectivity index (χ1n) is 9.22. The smallest absolute Gasteiger partial charge is 0.338 e. The van der Waals surface area contributed by atoms with E-state index in [1.165, 1.54) is 45.3 Å². The summed E-state index contributed by atoms with van der Waals surface area (Å²) in [5.74, 6) is -1.27. The van der Waals surface area contributed by atoms with Crippen molar-refractivity contribution in [2.75, 3.05) is 19.4 Å². The van der Waals surface area contributed by atoms with Gasteiger partial charge in [0.2, 0.25) is 10.0 Å². The Morgan fingerprint density at radius 1 is 0.967 bits per heavy atom. The number of nitrogens with one attached hydrogen (secondary N) is 1. The highest BCUT2D eigenvalue weighted by atomic mass is 32.2. The highest BCUT2D eigenvalue weighted by Gasteiger charge is 2.22. The fourth-order valence-corrected chi connectivity index (χ4v) is 3.79. The number of rotatable bonds is 6. The van der Waals surface area contributed by atoms with Gasteiger partial charge in [0, 0.05) is 25.2 Å². The first-order valence-corrected chi connectivity index (χ1v) is 10.7. The molecule has 1 unspecified atom stereocenters. The van der Waals surface area contributed by atoms with Crippen molar-refractivity contribution in [1.29, 1.82) is 0 Å². The lowest BCUT2D eigenvalue weighted by atomic mass is 10.1. The van der Waals surface area contributed by atoms with Gasteiger partial charge in [0.05, 0.1) is 10.5 Å². The van der Waals surface area contributed by atoms with Gasteiger partial charge in [-0.1, -0.05) is 42.5 Å². The summed E-state index contributed by atoms with van der Waals surface area (Å²) in [5.41, 5.74) is 0.655. The molecule has 7 nitrogen and oxygen atoms in total. The SMILES string of the molecule is CC(OC(=O)c1cccc(S(=O)(=O)N(C)C)c1)C(=O)Nc1cccc2ccccc12. The normalized spacial score (nSPS) is 12.5. The van der Waals surface area contributed by atoms with Crippen LogP contribution in [0.2, 0.25) is 0 Å². The zero-order valence-corrected chi connectivity index (χ0v) is 17.6. The van der Waals surface area contributed by atoms with E-state index in [1.807, 2.05) is 36.4 Å². The Morgan fingerprint density at radius 3 is 2.37 bits per heavy atom. The average Bonchev–Trinajstić information content (AvgIpc) is 2.73.